The molecule has 1 atom stereocenters. The highest BCUT2D eigenvalue weighted by Gasteiger charge is 2.27. The number of halogens is 2. The third-order valence-corrected chi connectivity index (χ3v) is 5.93. The predicted octanol–water partition coefficient (Wildman–Crippen LogP) is 4.62. The van der Waals surface area contributed by atoms with Crippen LogP contribution in [0, 0.1) is 5.92 Å². The van der Waals surface area contributed by atoms with Gasteiger partial charge in [0.05, 0.1) is 16.3 Å². The molecule has 1 aliphatic heterocycles. The van der Waals surface area contributed by atoms with E-state index in [9.17, 15) is 14.4 Å². The highest BCUT2D eigenvalue weighted by Crippen LogP contribution is 2.31. The first kappa shape index (κ1) is 22.3. The van der Waals surface area contributed by atoms with Gasteiger partial charge in [0.1, 0.15) is 6.04 Å². The Balaban J connectivity index is 1.72. The summed E-state index contributed by atoms with van der Waals surface area (Å²) in [6, 6.07) is 11.4. The van der Waals surface area contributed by atoms with Gasteiger partial charge >= 0.3 is 0 Å². The Morgan fingerprint density at radius 1 is 1.17 bits per heavy atom. The van der Waals surface area contributed by atoms with E-state index in [4.69, 9.17) is 11.6 Å². The van der Waals surface area contributed by atoms with Crippen LogP contribution in [0.5, 0.6) is 0 Å². The van der Waals surface area contributed by atoms with Crippen molar-refractivity contribution in [1.82, 2.24) is 5.32 Å². The second kappa shape index (κ2) is 9.62. The van der Waals surface area contributed by atoms with Gasteiger partial charge in [0.2, 0.25) is 11.8 Å². The quantitative estimate of drug-likeness (QED) is 0.617. The second-order valence-electron chi connectivity index (χ2n) is 7.48. The van der Waals surface area contributed by atoms with Crippen molar-refractivity contribution in [3.05, 3.63) is 57.5 Å². The van der Waals surface area contributed by atoms with Crippen LogP contribution in [0.1, 0.15) is 37.0 Å². The third-order valence-electron chi connectivity index (χ3n) is 4.93. The maximum absolute atomic E-state index is 12.9. The van der Waals surface area contributed by atoms with Crippen LogP contribution in [0.3, 0.4) is 0 Å². The summed E-state index contributed by atoms with van der Waals surface area (Å²) in [5, 5.41) is 6.00. The highest BCUT2D eigenvalue weighted by atomic mass is 79.9. The van der Waals surface area contributed by atoms with Crippen molar-refractivity contribution in [2.45, 2.75) is 32.7 Å². The molecule has 158 valence electrons. The van der Waals surface area contributed by atoms with Gasteiger partial charge in [-0.1, -0.05) is 37.6 Å². The molecule has 0 aromatic heterocycles. The number of rotatable bonds is 6. The lowest BCUT2D eigenvalue weighted by Crippen LogP contribution is -2.47. The number of benzene rings is 2. The smallest absolute Gasteiger partial charge is 0.253 e. The molecule has 3 amide bonds. The molecule has 1 aliphatic rings. The van der Waals surface area contributed by atoms with E-state index in [2.05, 4.69) is 26.6 Å². The molecule has 1 heterocycles. The predicted molar refractivity (Wildman–Crippen MR) is 122 cm³/mol. The summed E-state index contributed by atoms with van der Waals surface area (Å²) in [4.78, 5) is 39.1. The summed E-state index contributed by atoms with van der Waals surface area (Å²) >= 11 is 9.72. The normalized spacial score (nSPS) is 14.7. The Kier molecular flexibility index (Phi) is 7.15. The number of nitrogens with one attached hydrogen (secondary N) is 2. The molecule has 0 radical (unpaired) electrons. The summed E-state index contributed by atoms with van der Waals surface area (Å²) in [5.41, 5.74) is 1.60. The first-order valence-corrected chi connectivity index (χ1v) is 10.9. The molecule has 2 N–H and O–H groups in total. The highest BCUT2D eigenvalue weighted by molar-refractivity contribution is 9.10. The first-order chi connectivity index (χ1) is 14.3. The standard InChI is InChI=1S/C22H23BrClN3O3/c1-13(2)20(26-21(29)15-6-3-4-7-16(15)23)22(30)25-14-9-10-18(17(24)12-14)27-11-5-8-19(27)28/h3-4,6-7,9-10,12-13,20H,5,8,11H2,1-2H3,(H,25,30)(H,26,29)/t20-/m0/s1. The summed E-state index contributed by atoms with van der Waals surface area (Å²) in [6.45, 7) is 4.36. The number of nitrogens with zero attached hydrogens (tertiary/aromatic N) is 1. The lowest BCUT2D eigenvalue weighted by Gasteiger charge is -2.23. The van der Waals surface area contributed by atoms with Gasteiger partial charge in [-0.25, -0.2) is 0 Å². The fraction of sp³-hybridized carbons (Fsp3) is 0.318. The van der Waals surface area contributed by atoms with Crippen molar-refractivity contribution in [3.8, 4) is 0 Å². The number of amides is 3. The Bertz CT molecular complexity index is 980. The van der Waals surface area contributed by atoms with Gasteiger partial charge in [0.25, 0.3) is 5.91 Å². The lowest BCUT2D eigenvalue weighted by atomic mass is 10.0. The van der Waals surface area contributed by atoms with Gasteiger partial charge in [-0.2, -0.15) is 0 Å². The molecule has 0 spiro atoms. The molecule has 0 unspecified atom stereocenters. The van der Waals surface area contributed by atoms with Crippen LogP contribution in [-0.2, 0) is 9.59 Å². The number of hydrogen-bond acceptors (Lipinski definition) is 3. The Morgan fingerprint density at radius 2 is 1.90 bits per heavy atom. The van der Waals surface area contributed by atoms with Crippen molar-refractivity contribution >= 4 is 56.6 Å². The van der Waals surface area contributed by atoms with E-state index in [1.165, 1.54) is 0 Å². The van der Waals surface area contributed by atoms with Crippen molar-refractivity contribution < 1.29 is 14.4 Å². The zero-order chi connectivity index (χ0) is 21.8. The molecule has 0 bridgehead atoms. The van der Waals surface area contributed by atoms with Gasteiger partial charge in [0, 0.05) is 23.1 Å². The monoisotopic (exact) mass is 491 g/mol. The maximum atomic E-state index is 12.9. The fourth-order valence-corrected chi connectivity index (χ4v) is 4.07. The third kappa shape index (κ3) is 5.02. The van der Waals surface area contributed by atoms with Gasteiger partial charge in [-0.15, -0.1) is 0 Å². The van der Waals surface area contributed by atoms with Crippen LogP contribution in [0.15, 0.2) is 46.9 Å². The van der Waals surface area contributed by atoms with E-state index in [0.717, 1.165) is 6.42 Å². The molecule has 1 fully saturated rings. The SMILES string of the molecule is CC(C)[C@H](NC(=O)c1ccccc1Br)C(=O)Nc1ccc(N2CCCC2=O)c(Cl)c1. The minimum absolute atomic E-state index is 0.0448. The van der Waals surface area contributed by atoms with Crippen molar-refractivity contribution in [3.63, 3.8) is 0 Å². The van der Waals surface area contributed by atoms with Gasteiger partial charge in [0.15, 0.2) is 0 Å². The van der Waals surface area contributed by atoms with Gasteiger partial charge < -0.3 is 15.5 Å². The molecule has 6 nitrogen and oxygen atoms in total. The lowest BCUT2D eigenvalue weighted by molar-refractivity contribution is -0.119. The second-order valence-corrected chi connectivity index (χ2v) is 8.74. The van der Waals surface area contributed by atoms with Crippen molar-refractivity contribution in [2.75, 3.05) is 16.8 Å². The van der Waals surface area contributed by atoms with Crippen LogP contribution in [-0.4, -0.2) is 30.3 Å². The van der Waals surface area contributed by atoms with Gasteiger partial charge in [-0.05, 0) is 58.6 Å². The zero-order valence-electron chi connectivity index (χ0n) is 16.7. The largest absolute Gasteiger partial charge is 0.340 e. The van der Waals surface area contributed by atoms with E-state index in [1.54, 1.807) is 41.3 Å². The zero-order valence-corrected chi connectivity index (χ0v) is 19.1. The molecule has 0 saturated carbocycles. The minimum Gasteiger partial charge on any atom is -0.340 e. The average molecular weight is 493 g/mol. The maximum Gasteiger partial charge on any atom is 0.253 e. The average Bonchev–Trinajstić information content (AvgIpc) is 3.11. The van der Waals surface area contributed by atoms with Crippen LogP contribution in [0.25, 0.3) is 0 Å². The molecule has 8 heteroatoms. The van der Waals surface area contributed by atoms with Crippen molar-refractivity contribution in [2.24, 2.45) is 5.92 Å². The van der Waals surface area contributed by atoms with E-state index in [-0.39, 0.29) is 23.6 Å². The van der Waals surface area contributed by atoms with Crippen LogP contribution >= 0.6 is 27.5 Å². The molecule has 2 aromatic rings. The molecule has 2 aromatic carbocycles. The van der Waals surface area contributed by atoms with E-state index >= 15 is 0 Å². The number of anilines is 2. The van der Waals surface area contributed by atoms with Crippen molar-refractivity contribution in [1.29, 1.82) is 0 Å². The molecular weight excluding hydrogens is 470 g/mol. The van der Waals surface area contributed by atoms with Crippen LogP contribution in [0.4, 0.5) is 11.4 Å². The summed E-state index contributed by atoms with van der Waals surface area (Å²) in [6.07, 6.45) is 1.32. The molecule has 0 aliphatic carbocycles. The molecule has 3 rings (SSSR count). The van der Waals surface area contributed by atoms with E-state index < -0.39 is 6.04 Å². The summed E-state index contributed by atoms with van der Waals surface area (Å²) in [7, 11) is 0. The van der Waals surface area contributed by atoms with Crippen LogP contribution < -0.4 is 15.5 Å². The first-order valence-electron chi connectivity index (χ1n) is 9.74. The number of hydrogen-bond donors (Lipinski definition) is 2. The van der Waals surface area contributed by atoms with Crippen LogP contribution in [0.2, 0.25) is 5.02 Å². The minimum atomic E-state index is -0.733. The van der Waals surface area contributed by atoms with E-state index in [0.29, 0.717) is 39.4 Å². The number of carbonyl (C=O) groups excluding carboxylic acids is 3. The fourth-order valence-electron chi connectivity index (χ4n) is 3.33. The Morgan fingerprint density at radius 3 is 2.50 bits per heavy atom. The Hall–Kier alpha value is -2.38. The summed E-state index contributed by atoms with van der Waals surface area (Å²) in [5.74, 6) is -0.763. The molecule has 30 heavy (non-hydrogen) atoms. The number of carbonyl (C=O) groups is 3. The topological polar surface area (TPSA) is 78.5 Å². The summed E-state index contributed by atoms with van der Waals surface area (Å²) < 4.78 is 0.657. The molecular formula is C22H23BrClN3O3. The Labute approximate surface area is 189 Å². The molecule has 1 saturated heterocycles. The van der Waals surface area contributed by atoms with E-state index in [1.807, 2.05) is 19.9 Å². The van der Waals surface area contributed by atoms with Gasteiger partial charge in [-0.3, -0.25) is 14.4 Å².